The third-order valence-corrected chi connectivity index (χ3v) is 2.92. The molecule has 1 aromatic carbocycles. The molecule has 0 saturated carbocycles. The summed E-state index contributed by atoms with van der Waals surface area (Å²) in [6.45, 7) is 2.81. The molecular formula is C11H16BrNO2. The van der Waals surface area contributed by atoms with Gasteiger partial charge in [0.05, 0.1) is 13.7 Å². The molecule has 84 valence electrons. The molecule has 0 aliphatic rings. The van der Waals surface area contributed by atoms with Gasteiger partial charge in [-0.2, -0.15) is 0 Å². The Morgan fingerprint density at radius 1 is 1.53 bits per heavy atom. The molecule has 0 amide bonds. The topological polar surface area (TPSA) is 41.5 Å². The predicted molar refractivity (Wildman–Crippen MR) is 64.2 cm³/mol. The number of hydrogen-bond donors (Lipinski definition) is 2. The van der Waals surface area contributed by atoms with E-state index in [1.165, 1.54) is 0 Å². The highest BCUT2D eigenvalue weighted by molar-refractivity contribution is 9.10. The molecule has 0 radical (unpaired) electrons. The van der Waals surface area contributed by atoms with Gasteiger partial charge in [0, 0.05) is 17.1 Å². The third-order valence-electron chi connectivity index (χ3n) is 2.24. The van der Waals surface area contributed by atoms with Crippen molar-refractivity contribution in [1.82, 2.24) is 5.32 Å². The van der Waals surface area contributed by atoms with Crippen molar-refractivity contribution >= 4 is 15.9 Å². The SMILES string of the molecule is COc1ccc([C@H](C)NCCO)c(Br)c1. The Labute approximate surface area is 98.6 Å². The van der Waals surface area contributed by atoms with E-state index in [-0.39, 0.29) is 12.6 Å². The summed E-state index contributed by atoms with van der Waals surface area (Å²) in [5, 5.41) is 11.9. The van der Waals surface area contributed by atoms with E-state index in [9.17, 15) is 0 Å². The Morgan fingerprint density at radius 3 is 2.80 bits per heavy atom. The quantitative estimate of drug-likeness (QED) is 0.864. The van der Waals surface area contributed by atoms with E-state index in [2.05, 4.69) is 28.2 Å². The Balaban J connectivity index is 2.76. The van der Waals surface area contributed by atoms with Gasteiger partial charge in [0.15, 0.2) is 0 Å². The van der Waals surface area contributed by atoms with Crippen LogP contribution in [0.1, 0.15) is 18.5 Å². The van der Waals surface area contributed by atoms with Crippen molar-refractivity contribution in [2.45, 2.75) is 13.0 Å². The van der Waals surface area contributed by atoms with E-state index >= 15 is 0 Å². The fourth-order valence-corrected chi connectivity index (χ4v) is 2.08. The average molecular weight is 274 g/mol. The van der Waals surface area contributed by atoms with Crippen LogP contribution in [0.4, 0.5) is 0 Å². The molecule has 15 heavy (non-hydrogen) atoms. The highest BCUT2D eigenvalue weighted by Gasteiger charge is 2.08. The number of nitrogens with one attached hydrogen (secondary N) is 1. The summed E-state index contributed by atoms with van der Waals surface area (Å²) in [7, 11) is 1.65. The highest BCUT2D eigenvalue weighted by atomic mass is 79.9. The Morgan fingerprint density at radius 2 is 2.27 bits per heavy atom. The monoisotopic (exact) mass is 273 g/mol. The lowest BCUT2D eigenvalue weighted by molar-refractivity contribution is 0.286. The second-order valence-electron chi connectivity index (χ2n) is 3.29. The van der Waals surface area contributed by atoms with Crippen molar-refractivity contribution in [1.29, 1.82) is 0 Å². The first-order valence-corrected chi connectivity index (χ1v) is 5.66. The summed E-state index contributed by atoms with van der Waals surface area (Å²) in [5.74, 6) is 0.833. The molecule has 2 N–H and O–H groups in total. The van der Waals surface area contributed by atoms with Crippen molar-refractivity contribution in [2.75, 3.05) is 20.3 Å². The minimum absolute atomic E-state index is 0.151. The average Bonchev–Trinajstić information content (AvgIpc) is 2.25. The van der Waals surface area contributed by atoms with Crippen LogP contribution in [0, 0.1) is 0 Å². The van der Waals surface area contributed by atoms with Crippen molar-refractivity contribution < 1.29 is 9.84 Å². The molecule has 0 aliphatic carbocycles. The molecule has 0 saturated heterocycles. The number of aliphatic hydroxyl groups is 1. The van der Waals surface area contributed by atoms with Crippen molar-refractivity contribution in [3.63, 3.8) is 0 Å². The summed E-state index contributed by atoms with van der Waals surface area (Å²) >= 11 is 3.50. The first kappa shape index (κ1) is 12.5. The summed E-state index contributed by atoms with van der Waals surface area (Å²) in [6, 6.07) is 6.08. The third kappa shape index (κ3) is 3.48. The van der Waals surface area contributed by atoms with E-state index in [1.807, 2.05) is 18.2 Å². The number of ether oxygens (including phenoxy) is 1. The van der Waals surface area contributed by atoms with Gasteiger partial charge >= 0.3 is 0 Å². The zero-order valence-electron chi connectivity index (χ0n) is 8.96. The summed E-state index contributed by atoms with van der Waals surface area (Å²) < 4.78 is 6.13. The fraction of sp³-hybridized carbons (Fsp3) is 0.455. The number of aliphatic hydroxyl groups excluding tert-OH is 1. The molecule has 3 nitrogen and oxygen atoms in total. The fourth-order valence-electron chi connectivity index (χ4n) is 1.38. The number of halogens is 1. The molecule has 0 unspecified atom stereocenters. The van der Waals surface area contributed by atoms with Gasteiger partial charge in [-0.15, -0.1) is 0 Å². The second kappa shape index (κ2) is 6.10. The molecule has 0 aromatic heterocycles. The molecule has 0 aliphatic heterocycles. The van der Waals surface area contributed by atoms with Gasteiger partial charge in [0.2, 0.25) is 0 Å². The summed E-state index contributed by atoms with van der Waals surface area (Å²) in [5.41, 5.74) is 1.16. The number of rotatable bonds is 5. The predicted octanol–water partition coefficient (Wildman–Crippen LogP) is 2.10. The maximum Gasteiger partial charge on any atom is 0.120 e. The van der Waals surface area contributed by atoms with E-state index in [1.54, 1.807) is 7.11 Å². The normalized spacial score (nSPS) is 12.5. The van der Waals surface area contributed by atoms with Crippen LogP contribution < -0.4 is 10.1 Å². The highest BCUT2D eigenvalue weighted by Crippen LogP contribution is 2.27. The van der Waals surface area contributed by atoms with Crippen LogP contribution in [0.3, 0.4) is 0 Å². The number of hydrogen-bond acceptors (Lipinski definition) is 3. The summed E-state index contributed by atoms with van der Waals surface area (Å²) in [6.07, 6.45) is 0. The molecular weight excluding hydrogens is 258 g/mol. The minimum Gasteiger partial charge on any atom is -0.497 e. The van der Waals surface area contributed by atoms with Crippen molar-refractivity contribution in [3.8, 4) is 5.75 Å². The first-order chi connectivity index (χ1) is 7.19. The smallest absolute Gasteiger partial charge is 0.120 e. The van der Waals surface area contributed by atoms with E-state index in [0.717, 1.165) is 15.8 Å². The Hall–Kier alpha value is -0.580. The largest absolute Gasteiger partial charge is 0.497 e. The summed E-state index contributed by atoms with van der Waals surface area (Å²) in [4.78, 5) is 0. The molecule has 4 heteroatoms. The molecule has 0 fully saturated rings. The minimum atomic E-state index is 0.151. The van der Waals surface area contributed by atoms with Gasteiger partial charge in [-0.25, -0.2) is 0 Å². The molecule has 0 spiro atoms. The molecule has 1 atom stereocenters. The Bertz CT molecular complexity index is 317. The van der Waals surface area contributed by atoms with Crippen LogP contribution in [-0.2, 0) is 0 Å². The van der Waals surface area contributed by atoms with Gasteiger partial charge in [0.1, 0.15) is 5.75 Å². The molecule has 1 rings (SSSR count). The number of methoxy groups -OCH3 is 1. The van der Waals surface area contributed by atoms with Crippen LogP contribution in [0.15, 0.2) is 22.7 Å². The van der Waals surface area contributed by atoms with E-state index < -0.39 is 0 Å². The van der Waals surface area contributed by atoms with Gasteiger partial charge < -0.3 is 15.2 Å². The lowest BCUT2D eigenvalue weighted by Crippen LogP contribution is -2.22. The molecule has 0 heterocycles. The van der Waals surface area contributed by atoms with Gasteiger partial charge in [0.25, 0.3) is 0 Å². The van der Waals surface area contributed by atoms with Crippen molar-refractivity contribution in [3.05, 3.63) is 28.2 Å². The molecule has 1 aromatic rings. The maximum absolute atomic E-state index is 8.72. The van der Waals surface area contributed by atoms with Crippen LogP contribution in [0.5, 0.6) is 5.75 Å². The van der Waals surface area contributed by atoms with Crippen LogP contribution >= 0.6 is 15.9 Å². The van der Waals surface area contributed by atoms with Gasteiger partial charge in [-0.05, 0) is 24.6 Å². The van der Waals surface area contributed by atoms with Gasteiger partial charge in [-0.3, -0.25) is 0 Å². The standard InChI is InChI=1S/C11H16BrNO2/c1-8(13-5-6-14)10-4-3-9(15-2)7-11(10)12/h3-4,7-8,13-14H,5-6H2,1-2H3/t8-/m0/s1. The Kier molecular flexibility index (Phi) is 5.08. The van der Waals surface area contributed by atoms with Crippen molar-refractivity contribution in [2.24, 2.45) is 0 Å². The molecule has 0 bridgehead atoms. The second-order valence-corrected chi connectivity index (χ2v) is 4.14. The first-order valence-electron chi connectivity index (χ1n) is 4.86. The zero-order valence-corrected chi connectivity index (χ0v) is 10.5. The lowest BCUT2D eigenvalue weighted by Gasteiger charge is -2.15. The zero-order chi connectivity index (χ0) is 11.3. The van der Waals surface area contributed by atoms with Crippen LogP contribution in [-0.4, -0.2) is 25.4 Å². The number of benzene rings is 1. The lowest BCUT2D eigenvalue weighted by atomic mass is 10.1. The maximum atomic E-state index is 8.72. The van der Waals surface area contributed by atoms with Crippen LogP contribution in [0.25, 0.3) is 0 Å². The van der Waals surface area contributed by atoms with E-state index in [4.69, 9.17) is 9.84 Å². The van der Waals surface area contributed by atoms with E-state index in [0.29, 0.717) is 6.54 Å². The van der Waals surface area contributed by atoms with Crippen LogP contribution in [0.2, 0.25) is 0 Å². The van der Waals surface area contributed by atoms with Gasteiger partial charge in [-0.1, -0.05) is 22.0 Å².